The van der Waals surface area contributed by atoms with Gasteiger partial charge < -0.3 is 14.2 Å². The average molecular weight is 392 g/mol. The summed E-state index contributed by atoms with van der Waals surface area (Å²) >= 11 is 0. The van der Waals surface area contributed by atoms with Crippen LogP contribution in [0.25, 0.3) is 22.2 Å². The second-order valence-corrected chi connectivity index (χ2v) is 7.62. The number of ether oxygens (including phenoxy) is 1. The number of piperidine rings is 1. The molecule has 1 saturated heterocycles. The highest BCUT2D eigenvalue weighted by molar-refractivity contribution is 5.99. The average Bonchev–Trinajstić information content (AvgIpc) is 3.15. The van der Waals surface area contributed by atoms with Crippen molar-refractivity contribution in [3.63, 3.8) is 0 Å². The SMILES string of the molecule is C[C@H]1CCC[C@H](C)N1C(=O)COC(=O)c1ccc2noc(-c3ccccc3)c2c1. The number of rotatable bonds is 4. The van der Waals surface area contributed by atoms with Gasteiger partial charge in [0.15, 0.2) is 12.4 Å². The van der Waals surface area contributed by atoms with Gasteiger partial charge in [0.05, 0.1) is 10.9 Å². The van der Waals surface area contributed by atoms with E-state index in [0.29, 0.717) is 16.8 Å². The van der Waals surface area contributed by atoms with Crippen LogP contribution in [0.3, 0.4) is 0 Å². The lowest BCUT2D eigenvalue weighted by Gasteiger charge is -2.38. The summed E-state index contributed by atoms with van der Waals surface area (Å²) < 4.78 is 10.8. The van der Waals surface area contributed by atoms with E-state index >= 15 is 0 Å². The molecule has 2 aromatic carbocycles. The van der Waals surface area contributed by atoms with Gasteiger partial charge in [-0.2, -0.15) is 0 Å². The van der Waals surface area contributed by atoms with Gasteiger partial charge in [0.25, 0.3) is 5.91 Å². The van der Waals surface area contributed by atoms with Gasteiger partial charge in [-0.25, -0.2) is 4.79 Å². The van der Waals surface area contributed by atoms with Crippen molar-refractivity contribution in [1.29, 1.82) is 0 Å². The number of carbonyl (C=O) groups is 2. The molecule has 6 heteroatoms. The van der Waals surface area contributed by atoms with Crippen LogP contribution in [0.5, 0.6) is 0 Å². The molecule has 0 N–H and O–H groups in total. The van der Waals surface area contributed by atoms with E-state index in [9.17, 15) is 9.59 Å². The van der Waals surface area contributed by atoms with E-state index in [4.69, 9.17) is 9.26 Å². The highest BCUT2D eigenvalue weighted by atomic mass is 16.5. The predicted octanol–water partition coefficient (Wildman–Crippen LogP) is 4.44. The van der Waals surface area contributed by atoms with Gasteiger partial charge in [-0.05, 0) is 51.3 Å². The Morgan fingerprint density at radius 3 is 2.55 bits per heavy atom. The minimum absolute atomic E-state index is 0.144. The molecule has 0 unspecified atom stereocenters. The molecule has 6 nitrogen and oxygen atoms in total. The van der Waals surface area contributed by atoms with E-state index in [-0.39, 0.29) is 24.6 Å². The Kier molecular flexibility index (Phi) is 5.34. The maximum absolute atomic E-state index is 12.6. The number of aromatic nitrogens is 1. The van der Waals surface area contributed by atoms with Crippen molar-refractivity contribution in [1.82, 2.24) is 10.1 Å². The van der Waals surface area contributed by atoms with Gasteiger partial charge in [-0.3, -0.25) is 4.79 Å². The lowest BCUT2D eigenvalue weighted by molar-refractivity contribution is -0.140. The van der Waals surface area contributed by atoms with E-state index in [1.54, 1.807) is 18.2 Å². The summed E-state index contributed by atoms with van der Waals surface area (Å²) in [7, 11) is 0. The molecule has 0 saturated carbocycles. The molecule has 1 fully saturated rings. The Labute approximate surface area is 169 Å². The molecule has 1 aliphatic rings. The van der Waals surface area contributed by atoms with Crippen LogP contribution in [0.1, 0.15) is 43.5 Å². The molecule has 2 atom stereocenters. The molecule has 4 rings (SSSR count). The fourth-order valence-electron chi connectivity index (χ4n) is 4.06. The molecule has 0 spiro atoms. The molecule has 29 heavy (non-hydrogen) atoms. The van der Waals surface area contributed by atoms with Crippen LogP contribution in [0.4, 0.5) is 0 Å². The van der Waals surface area contributed by atoms with Crippen molar-refractivity contribution < 1.29 is 18.8 Å². The first-order valence-corrected chi connectivity index (χ1v) is 9.97. The Bertz CT molecular complexity index is 1020. The molecule has 0 radical (unpaired) electrons. The molecule has 1 aromatic heterocycles. The van der Waals surface area contributed by atoms with E-state index in [0.717, 1.165) is 30.2 Å². The number of hydrogen-bond donors (Lipinski definition) is 0. The van der Waals surface area contributed by atoms with Crippen molar-refractivity contribution in [2.45, 2.75) is 45.2 Å². The van der Waals surface area contributed by atoms with Gasteiger partial charge in [0, 0.05) is 17.6 Å². The van der Waals surface area contributed by atoms with E-state index in [1.807, 2.05) is 49.1 Å². The third-order valence-electron chi connectivity index (χ3n) is 5.56. The van der Waals surface area contributed by atoms with Crippen LogP contribution in [0, 0.1) is 0 Å². The highest BCUT2D eigenvalue weighted by Gasteiger charge is 2.29. The van der Waals surface area contributed by atoms with Crippen LogP contribution in [0.2, 0.25) is 0 Å². The van der Waals surface area contributed by atoms with Gasteiger partial charge >= 0.3 is 5.97 Å². The fourth-order valence-corrected chi connectivity index (χ4v) is 4.06. The monoisotopic (exact) mass is 392 g/mol. The number of amides is 1. The van der Waals surface area contributed by atoms with Gasteiger partial charge in [0.2, 0.25) is 0 Å². The van der Waals surface area contributed by atoms with E-state index in [2.05, 4.69) is 5.16 Å². The van der Waals surface area contributed by atoms with E-state index in [1.165, 1.54) is 0 Å². The standard InChI is InChI=1S/C23H24N2O4/c1-15-7-6-8-16(2)25(15)21(26)14-28-23(27)18-11-12-20-19(13-18)22(29-24-20)17-9-4-3-5-10-17/h3-5,9-13,15-16H,6-8,14H2,1-2H3/t15-,16-/m0/s1. The number of esters is 1. The normalized spacial score (nSPS) is 19.3. The third kappa shape index (κ3) is 3.88. The topological polar surface area (TPSA) is 72.6 Å². The first-order chi connectivity index (χ1) is 14.0. The first kappa shape index (κ1) is 19.2. The summed E-state index contributed by atoms with van der Waals surface area (Å²) in [6.45, 7) is 3.83. The predicted molar refractivity (Wildman–Crippen MR) is 109 cm³/mol. The van der Waals surface area contributed by atoms with Crippen molar-refractivity contribution >= 4 is 22.8 Å². The molecular formula is C23H24N2O4. The molecule has 2 heterocycles. The lowest BCUT2D eigenvalue weighted by Crippen LogP contribution is -2.49. The van der Waals surface area contributed by atoms with Gasteiger partial charge in [0.1, 0.15) is 5.52 Å². The molecule has 0 aliphatic carbocycles. The van der Waals surface area contributed by atoms with E-state index < -0.39 is 5.97 Å². The smallest absolute Gasteiger partial charge is 0.338 e. The number of benzene rings is 2. The number of fused-ring (bicyclic) bond motifs is 1. The number of likely N-dealkylation sites (tertiary alicyclic amines) is 1. The third-order valence-corrected chi connectivity index (χ3v) is 5.56. The minimum Gasteiger partial charge on any atom is -0.452 e. The molecular weight excluding hydrogens is 368 g/mol. The molecule has 1 amide bonds. The van der Waals surface area contributed by atoms with Crippen LogP contribution in [-0.4, -0.2) is 40.6 Å². The van der Waals surface area contributed by atoms with Gasteiger partial charge in [-0.15, -0.1) is 0 Å². The summed E-state index contributed by atoms with van der Waals surface area (Å²) in [6, 6.07) is 15.0. The summed E-state index contributed by atoms with van der Waals surface area (Å²) in [5.74, 6) is -0.0749. The summed E-state index contributed by atoms with van der Waals surface area (Å²) in [5, 5.41) is 4.79. The zero-order chi connectivity index (χ0) is 20.4. The number of carbonyl (C=O) groups excluding carboxylic acids is 2. The van der Waals surface area contributed by atoms with Crippen molar-refractivity contribution in [3.8, 4) is 11.3 Å². The second kappa shape index (κ2) is 8.07. The summed E-state index contributed by atoms with van der Waals surface area (Å²) in [6.07, 6.45) is 3.08. The van der Waals surface area contributed by atoms with Crippen LogP contribution in [0.15, 0.2) is 53.1 Å². The minimum atomic E-state index is -0.530. The first-order valence-electron chi connectivity index (χ1n) is 9.97. The largest absolute Gasteiger partial charge is 0.452 e. The Morgan fingerprint density at radius 2 is 1.83 bits per heavy atom. The molecule has 150 valence electrons. The Hall–Kier alpha value is -3.15. The maximum atomic E-state index is 12.6. The number of nitrogens with zero attached hydrogens (tertiary/aromatic N) is 2. The maximum Gasteiger partial charge on any atom is 0.338 e. The Morgan fingerprint density at radius 1 is 1.10 bits per heavy atom. The zero-order valence-electron chi connectivity index (χ0n) is 16.6. The molecule has 0 bridgehead atoms. The lowest BCUT2D eigenvalue weighted by atomic mass is 9.97. The fraction of sp³-hybridized carbons (Fsp3) is 0.348. The number of hydrogen-bond acceptors (Lipinski definition) is 5. The highest BCUT2D eigenvalue weighted by Crippen LogP contribution is 2.29. The molecule has 1 aliphatic heterocycles. The summed E-state index contributed by atoms with van der Waals surface area (Å²) in [4.78, 5) is 27.0. The van der Waals surface area contributed by atoms with Crippen molar-refractivity contribution in [2.24, 2.45) is 0 Å². The van der Waals surface area contributed by atoms with Crippen LogP contribution < -0.4 is 0 Å². The zero-order valence-corrected chi connectivity index (χ0v) is 16.6. The van der Waals surface area contributed by atoms with Crippen molar-refractivity contribution in [2.75, 3.05) is 6.61 Å². The summed E-state index contributed by atoms with van der Waals surface area (Å²) in [5.41, 5.74) is 1.90. The molecule has 3 aromatic rings. The van der Waals surface area contributed by atoms with Crippen LogP contribution in [-0.2, 0) is 9.53 Å². The second-order valence-electron chi connectivity index (χ2n) is 7.62. The quantitative estimate of drug-likeness (QED) is 0.614. The Balaban J connectivity index is 1.49. The van der Waals surface area contributed by atoms with Gasteiger partial charge in [-0.1, -0.05) is 35.5 Å². The van der Waals surface area contributed by atoms with Crippen molar-refractivity contribution in [3.05, 3.63) is 54.1 Å². The van der Waals surface area contributed by atoms with Crippen LogP contribution >= 0.6 is 0 Å².